The minimum Gasteiger partial charge on any atom is -0.493 e. The lowest BCUT2D eigenvalue weighted by atomic mass is 10.2. The second-order valence-electron chi connectivity index (χ2n) is 8.60. The Kier molecular flexibility index (Phi) is 9.29. The smallest absolute Gasteiger partial charge is 0.416 e. The van der Waals surface area contributed by atoms with Crippen molar-refractivity contribution in [2.75, 3.05) is 13.2 Å². The van der Waals surface area contributed by atoms with Gasteiger partial charge in [-0.1, -0.05) is 30.3 Å². The first-order chi connectivity index (χ1) is 19.3. The third-order valence-corrected chi connectivity index (χ3v) is 5.63. The Bertz CT molecular complexity index is 1430. The highest BCUT2D eigenvalue weighted by atomic mass is 19.3. The Labute approximate surface area is 228 Å². The van der Waals surface area contributed by atoms with E-state index in [-0.39, 0.29) is 18.0 Å². The van der Waals surface area contributed by atoms with E-state index >= 15 is 0 Å². The number of aromatic nitrogens is 1. The summed E-state index contributed by atoms with van der Waals surface area (Å²) in [4.78, 5) is 29.7. The molecule has 0 fully saturated rings. The summed E-state index contributed by atoms with van der Waals surface area (Å²) in [7, 11) is 0. The van der Waals surface area contributed by atoms with Gasteiger partial charge in [0.25, 0.3) is 0 Å². The van der Waals surface area contributed by atoms with Gasteiger partial charge in [0.1, 0.15) is 29.6 Å². The number of halogens is 2. The van der Waals surface area contributed by atoms with Crippen molar-refractivity contribution in [1.82, 2.24) is 9.88 Å². The minimum absolute atomic E-state index is 0.0395. The zero-order valence-electron chi connectivity index (χ0n) is 21.5. The van der Waals surface area contributed by atoms with Crippen LogP contribution in [-0.2, 0) is 17.8 Å². The van der Waals surface area contributed by atoms with Crippen LogP contribution in [0.5, 0.6) is 17.2 Å². The number of rotatable bonds is 12. The molecule has 208 valence electrons. The SMILES string of the molecule is Cc1oc(-c2ccccc2)nc1CCOc1cccc(CN(CC(=O)O)C(=O)Oc2ccc(OC(F)F)cc2)c1. The second kappa shape index (κ2) is 13.2. The van der Waals surface area contributed by atoms with Crippen LogP contribution in [0.15, 0.2) is 83.3 Å². The fraction of sp³-hybridized carbons (Fsp3) is 0.207. The molecule has 0 unspecified atom stereocenters. The van der Waals surface area contributed by atoms with Gasteiger partial charge in [-0.2, -0.15) is 8.78 Å². The average Bonchev–Trinajstić information content (AvgIpc) is 3.30. The molecule has 0 saturated carbocycles. The lowest BCUT2D eigenvalue weighted by Crippen LogP contribution is -2.37. The molecule has 0 aliphatic carbocycles. The Morgan fingerprint density at radius 1 is 0.975 bits per heavy atom. The monoisotopic (exact) mass is 552 g/mol. The molecule has 3 aromatic carbocycles. The molecule has 0 aliphatic rings. The number of carbonyl (C=O) groups excluding carboxylic acids is 1. The number of carboxylic acids is 1. The molecule has 1 amide bonds. The first-order valence-corrected chi connectivity index (χ1v) is 12.2. The zero-order chi connectivity index (χ0) is 28.5. The normalized spacial score (nSPS) is 10.8. The van der Waals surface area contributed by atoms with Crippen LogP contribution in [0.4, 0.5) is 13.6 Å². The van der Waals surface area contributed by atoms with Crippen molar-refractivity contribution in [3.05, 3.63) is 95.9 Å². The van der Waals surface area contributed by atoms with Crippen molar-refractivity contribution in [3.63, 3.8) is 0 Å². The number of carbonyl (C=O) groups is 2. The number of alkyl halides is 2. The van der Waals surface area contributed by atoms with Crippen LogP contribution in [0, 0.1) is 6.92 Å². The maximum Gasteiger partial charge on any atom is 0.416 e. The van der Waals surface area contributed by atoms with E-state index in [0.717, 1.165) is 16.2 Å². The quantitative estimate of drug-likeness (QED) is 0.229. The van der Waals surface area contributed by atoms with Crippen LogP contribution in [0.1, 0.15) is 17.0 Å². The van der Waals surface area contributed by atoms with E-state index in [1.54, 1.807) is 24.3 Å². The van der Waals surface area contributed by atoms with E-state index in [0.29, 0.717) is 36.0 Å². The number of amides is 1. The van der Waals surface area contributed by atoms with Gasteiger partial charge < -0.3 is 23.7 Å². The Hall–Kier alpha value is -4.93. The first-order valence-electron chi connectivity index (χ1n) is 12.2. The predicted molar refractivity (Wildman–Crippen MR) is 139 cm³/mol. The van der Waals surface area contributed by atoms with Crippen molar-refractivity contribution in [3.8, 4) is 28.7 Å². The van der Waals surface area contributed by atoms with Crippen LogP contribution in [0.25, 0.3) is 11.5 Å². The highest BCUT2D eigenvalue weighted by Crippen LogP contribution is 2.23. The van der Waals surface area contributed by atoms with Crippen molar-refractivity contribution < 1.29 is 42.1 Å². The van der Waals surface area contributed by atoms with Gasteiger partial charge in [0.15, 0.2) is 0 Å². The lowest BCUT2D eigenvalue weighted by molar-refractivity contribution is -0.138. The molecule has 11 heteroatoms. The number of ether oxygens (including phenoxy) is 3. The number of aliphatic carboxylic acids is 1. The van der Waals surface area contributed by atoms with Crippen molar-refractivity contribution >= 4 is 12.1 Å². The van der Waals surface area contributed by atoms with Crippen molar-refractivity contribution in [2.24, 2.45) is 0 Å². The standard InChI is InChI=1S/C29H26F2N2O7/c1-19-25(32-27(38-19)21-7-3-2-4-8-21)14-15-37-24-9-5-6-20(16-24)17-33(18-26(34)35)29(36)40-23-12-10-22(11-13-23)39-28(30)31/h2-13,16,28H,14-15,17-18H2,1H3,(H,34,35). The molecule has 4 aromatic rings. The topological polar surface area (TPSA) is 111 Å². The van der Waals surface area contributed by atoms with Crippen LogP contribution in [0.2, 0.25) is 0 Å². The number of benzene rings is 3. The summed E-state index contributed by atoms with van der Waals surface area (Å²) in [5, 5.41) is 9.30. The molecule has 1 aromatic heterocycles. The fourth-order valence-electron chi connectivity index (χ4n) is 3.79. The van der Waals surface area contributed by atoms with Gasteiger partial charge >= 0.3 is 18.7 Å². The van der Waals surface area contributed by atoms with Gasteiger partial charge in [-0.05, 0) is 61.0 Å². The predicted octanol–water partition coefficient (Wildman–Crippen LogP) is 5.96. The van der Waals surface area contributed by atoms with E-state index in [1.807, 2.05) is 37.3 Å². The van der Waals surface area contributed by atoms with Gasteiger partial charge in [-0.3, -0.25) is 9.69 Å². The summed E-state index contributed by atoms with van der Waals surface area (Å²) < 4.78 is 45.8. The third kappa shape index (κ3) is 8.03. The number of oxazole rings is 1. The molecule has 0 bridgehead atoms. The van der Waals surface area contributed by atoms with E-state index < -0.39 is 25.2 Å². The number of aryl methyl sites for hydroxylation is 1. The number of nitrogens with zero attached hydrogens (tertiary/aromatic N) is 2. The Balaban J connectivity index is 1.35. The average molecular weight is 553 g/mol. The summed E-state index contributed by atoms with van der Waals surface area (Å²) in [6.45, 7) is -1.52. The second-order valence-corrected chi connectivity index (χ2v) is 8.60. The van der Waals surface area contributed by atoms with E-state index in [4.69, 9.17) is 13.9 Å². The highest BCUT2D eigenvalue weighted by molar-refractivity contribution is 5.78. The fourth-order valence-corrected chi connectivity index (χ4v) is 3.79. The summed E-state index contributed by atoms with van der Waals surface area (Å²) in [5.41, 5.74) is 2.27. The van der Waals surface area contributed by atoms with Crippen molar-refractivity contribution in [2.45, 2.75) is 26.5 Å². The Morgan fingerprint density at radius 2 is 1.70 bits per heavy atom. The van der Waals surface area contributed by atoms with Gasteiger partial charge in [0.05, 0.1) is 12.3 Å². The molecule has 0 atom stereocenters. The highest BCUT2D eigenvalue weighted by Gasteiger charge is 2.20. The zero-order valence-corrected chi connectivity index (χ0v) is 21.5. The Morgan fingerprint density at radius 3 is 2.40 bits per heavy atom. The minimum atomic E-state index is -2.99. The lowest BCUT2D eigenvalue weighted by Gasteiger charge is -2.20. The van der Waals surface area contributed by atoms with Gasteiger partial charge in [0, 0.05) is 18.5 Å². The van der Waals surface area contributed by atoms with Gasteiger partial charge in [-0.15, -0.1) is 0 Å². The molecule has 1 N–H and O–H groups in total. The van der Waals surface area contributed by atoms with E-state index in [9.17, 15) is 23.5 Å². The maximum atomic E-state index is 12.7. The largest absolute Gasteiger partial charge is 0.493 e. The molecule has 40 heavy (non-hydrogen) atoms. The van der Waals surface area contributed by atoms with E-state index in [2.05, 4.69) is 9.72 Å². The van der Waals surface area contributed by atoms with Crippen LogP contribution in [0.3, 0.4) is 0 Å². The number of hydrogen-bond acceptors (Lipinski definition) is 7. The molecule has 0 saturated heterocycles. The third-order valence-electron chi connectivity index (χ3n) is 5.63. The summed E-state index contributed by atoms with van der Waals surface area (Å²) in [6.07, 6.45) is -0.419. The van der Waals surface area contributed by atoms with E-state index in [1.165, 1.54) is 24.3 Å². The molecule has 9 nitrogen and oxygen atoms in total. The summed E-state index contributed by atoms with van der Waals surface area (Å²) in [5.74, 6) is 0.471. The maximum absolute atomic E-state index is 12.7. The number of carboxylic acid groups (broad SMARTS) is 1. The molecular formula is C29H26F2N2O7. The van der Waals surface area contributed by atoms with Crippen LogP contribution < -0.4 is 14.2 Å². The molecule has 0 radical (unpaired) electrons. The summed E-state index contributed by atoms with van der Waals surface area (Å²) in [6, 6.07) is 21.4. The summed E-state index contributed by atoms with van der Waals surface area (Å²) >= 11 is 0. The molecule has 0 spiro atoms. The number of hydrogen-bond donors (Lipinski definition) is 1. The van der Waals surface area contributed by atoms with Crippen LogP contribution >= 0.6 is 0 Å². The molecular weight excluding hydrogens is 526 g/mol. The first kappa shape index (κ1) is 28.1. The van der Waals surface area contributed by atoms with Gasteiger partial charge in [0.2, 0.25) is 5.89 Å². The molecule has 1 heterocycles. The molecule has 0 aliphatic heterocycles. The van der Waals surface area contributed by atoms with Crippen LogP contribution in [-0.4, -0.2) is 46.8 Å². The van der Waals surface area contributed by atoms with Gasteiger partial charge in [-0.25, -0.2) is 9.78 Å². The molecule has 4 rings (SSSR count). The van der Waals surface area contributed by atoms with Crippen molar-refractivity contribution in [1.29, 1.82) is 0 Å².